The van der Waals surface area contributed by atoms with E-state index in [9.17, 15) is 9.59 Å². The Balaban J connectivity index is 1.92. The molecule has 0 saturated carbocycles. The zero-order chi connectivity index (χ0) is 20.5. The lowest BCUT2D eigenvalue weighted by Crippen LogP contribution is -2.21. The normalized spacial score (nSPS) is 10.9. The summed E-state index contributed by atoms with van der Waals surface area (Å²) in [6.07, 6.45) is 1.02. The molecule has 0 aliphatic heterocycles. The highest BCUT2D eigenvalue weighted by Crippen LogP contribution is 2.27. The Morgan fingerprint density at radius 3 is 2.29 bits per heavy atom. The minimum atomic E-state index is -0.407. The number of benzene rings is 2. The summed E-state index contributed by atoms with van der Waals surface area (Å²) < 4.78 is 10.3. The Morgan fingerprint density at radius 2 is 1.68 bits per heavy atom. The van der Waals surface area contributed by atoms with Crippen LogP contribution in [0.25, 0.3) is 0 Å². The number of amides is 2. The summed E-state index contributed by atoms with van der Waals surface area (Å²) in [4.78, 5) is 24.3. The number of carbonyl (C=O) groups excluding carboxylic acids is 2. The second-order valence-electron chi connectivity index (χ2n) is 6.13. The largest absolute Gasteiger partial charge is 0.493 e. The van der Waals surface area contributed by atoms with E-state index >= 15 is 0 Å². The number of ether oxygens (including phenoxy) is 2. The summed E-state index contributed by atoms with van der Waals surface area (Å²) in [6.45, 7) is 3.75. The predicted octanol–water partition coefficient (Wildman–Crippen LogP) is 3.40. The van der Waals surface area contributed by atoms with E-state index in [4.69, 9.17) is 9.47 Å². The van der Waals surface area contributed by atoms with E-state index in [0.29, 0.717) is 22.8 Å². The number of nitrogens with zero attached hydrogens (tertiary/aromatic N) is 1. The molecule has 0 aliphatic rings. The molecular weight excluding hydrogens is 358 g/mol. The Morgan fingerprint density at radius 1 is 1.00 bits per heavy atom. The van der Waals surface area contributed by atoms with Gasteiger partial charge in [-0.3, -0.25) is 9.59 Å². The van der Waals surface area contributed by atoms with Gasteiger partial charge >= 0.3 is 0 Å². The molecule has 2 amide bonds. The second kappa shape index (κ2) is 10.1. The minimum Gasteiger partial charge on any atom is -0.493 e. The van der Waals surface area contributed by atoms with E-state index in [1.165, 1.54) is 19.8 Å². The number of hydrogen-bond acceptors (Lipinski definition) is 5. The molecule has 2 rings (SSSR count). The molecule has 7 heteroatoms. The number of methoxy groups -OCH3 is 2. The van der Waals surface area contributed by atoms with Crippen LogP contribution in [0.5, 0.6) is 11.5 Å². The van der Waals surface area contributed by atoms with Gasteiger partial charge in [-0.2, -0.15) is 5.10 Å². The lowest BCUT2D eigenvalue weighted by Gasteiger charge is -2.09. The third-order valence-electron chi connectivity index (χ3n) is 4.06. The molecule has 2 aromatic carbocycles. The van der Waals surface area contributed by atoms with Crippen molar-refractivity contribution in [3.05, 3.63) is 53.6 Å². The smallest absolute Gasteiger partial charge is 0.271 e. The van der Waals surface area contributed by atoms with Crippen LogP contribution >= 0.6 is 0 Å². The van der Waals surface area contributed by atoms with Crippen molar-refractivity contribution >= 4 is 23.2 Å². The maximum absolute atomic E-state index is 12.2. The number of hydrogen-bond donors (Lipinski definition) is 2. The summed E-state index contributed by atoms with van der Waals surface area (Å²) in [7, 11) is 3.02. The Bertz CT molecular complexity index is 860. The van der Waals surface area contributed by atoms with Crippen LogP contribution in [-0.2, 0) is 11.2 Å². The first kappa shape index (κ1) is 21.0. The molecular formula is C21H25N3O4. The highest BCUT2D eigenvalue weighted by atomic mass is 16.5. The number of aryl methyl sites for hydroxylation is 1. The fourth-order valence-electron chi connectivity index (χ4n) is 2.49. The molecule has 0 saturated heterocycles. The fraction of sp³-hybridized carbons (Fsp3) is 0.286. The van der Waals surface area contributed by atoms with Gasteiger partial charge in [0.05, 0.1) is 20.6 Å². The van der Waals surface area contributed by atoms with Crippen LogP contribution in [0.1, 0.15) is 36.2 Å². The van der Waals surface area contributed by atoms with Crippen molar-refractivity contribution in [3.63, 3.8) is 0 Å². The minimum absolute atomic E-state index is 0.0712. The topological polar surface area (TPSA) is 89.0 Å². The van der Waals surface area contributed by atoms with Gasteiger partial charge < -0.3 is 14.8 Å². The number of rotatable bonds is 8. The number of hydrazone groups is 1. The third kappa shape index (κ3) is 5.84. The highest BCUT2D eigenvalue weighted by Gasteiger charge is 2.11. The second-order valence-corrected chi connectivity index (χ2v) is 6.13. The standard InChI is InChI=1S/C21H25N3O4/c1-5-15-6-9-17(10-7-15)22-20(25)12-14(2)23-24-21(26)16-8-11-18(27-3)19(13-16)28-4/h6-11,13H,5,12H2,1-4H3,(H,22,25)(H,24,26). The fourth-order valence-corrected chi connectivity index (χ4v) is 2.49. The predicted molar refractivity (Wildman–Crippen MR) is 109 cm³/mol. The van der Waals surface area contributed by atoms with Gasteiger partial charge in [-0.25, -0.2) is 5.43 Å². The lowest BCUT2D eigenvalue weighted by molar-refractivity contribution is -0.115. The van der Waals surface area contributed by atoms with Crippen LogP contribution in [-0.4, -0.2) is 31.7 Å². The number of carbonyl (C=O) groups is 2. The van der Waals surface area contributed by atoms with E-state index in [0.717, 1.165) is 12.1 Å². The van der Waals surface area contributed by atoms with Crippen LogP contribution in [0.3, 0.4) is 0 Å². The number of anilines is 1. The van der Waals surface area contributed by atoms with E-state index < -0.39 is 5.91 Å². The Hall–Kier alpha value is -3.35. The summed E-state index contributed by atoms with van der Waals surface area (Å²) >= 11 is 0. The van der Waals surface area contributed by atoms with Crippen molar-refractivity contribution in [1.82, 2.24) is 5.43 Å². The van der Waals surface area contributed by atoms with Crippen LogP contribution in [0.4, 0.5) is 5.69 Å². The monoisotopic (exact) mass is 383 g/mol. The molecule has 2 aromatic rings. The quantitative estimate of drug-likeness (QED) is 0.540. The van der Waals surface area contributed by atoms with Crippen molar-refractivity contribution < 1.29 is 19.1 Å². The third-order valence-corrected chi connectivity index (χ3v) is 4.06. The molecule has 0 bridgehead atoms. The molecule has 0 radical (unpaired) electrons. The van der Waals surface area contributed by atoms with Crippen LogP contribution in [0.2, 0.25) is 0 Å². The Labute approximate surface area is 164 Å². The maximum atomic E-state index is 12.2. The molecule has 0 heterocycles. The van der Waals surface area contributed by atoms with Gasteiger partial charge in [-0.1, -0.05) is 19.1 Å². The zero-order valence-corrected chi connectivity index (χ0v) is 16.5. The molecule has 7 nitrogen and oxygen atoms in total. The first-order valence-electron chi connectivity index (χ1n) is 8.91. The van der Waals surface area contributed by atoms with Crippen molar-refractivity contribution in [2.24, 2.45) is 5.10 Å². The van der Waals surface area contributed by atoms with Crippen molar-refractivity contribution in [1.29, 1.82) is 0 Å². The SMILES string of the molecule is CCc1ccc(NC(=O)CC(C)=NNC(=O)c2ccc(OC)c(OC)c2)cc1. The van der Waals surface area contributed by atoms with Gasteiger partial charge in [0, 0.05) is 17.0 Å². The molecule has 148 valence electrons. The Kier molecular flexibility index (Phi) is 7.56. The molecule has 0 aliphatic carbocycles. The molecule has 2 N–H and O–H groups in total. The number of nitrogens with one attached hydrogen (secondary N) is 2. The first-order chi connectivity index (χ1) is 13.5. The zero-order valence-electron chi connectivity index (χ0n) is 16.5. The summed E-state index contributed by atoms with van der Waals surface area (Å²) in [5.41, 5.74) is 5.23. The van der Waals surface area contributed by atoms with Crippen molar-refractivity contribution in [2.75, 3.05) is 19.5 Å². The van der Waals surface area contributed by atoms with E-state index in [-0.39, 0.29) is 12.3 Å². The molecule has 0 fully saturated rings. The molecule has 0 atom stereocenters. The van der Waals surface area contributed by atoms with Crippen LogP contribution in [0, 0.1) is 0 Å². The molecule has 0 unspecified atom stereocenters. The highest BCUT2D eigenvalue weighted by molar-refractivity contribution is 6.06. The molecule has 0 aromatic heterocycles. The maximum Gasteiger partial charge on any atom is 0.271 e. The molecule has 28 heavy (non-hydrogen) atoms. The average molecular weight is 383 g/mol. The molecule has 0 spiro atoms. The van der Waals surface area contributed by atoms with Crippen LogP contribution in [0.15, 0.2) is 47.6 Å². The summed E-state index contributed by atoms with van der Waals surface area (Å²) in [6, 6.07) is 12.5. The van der Waals surface area contributed by atoms with Gasteiger partial charge in [0.25, 0.3) is 5.91 Å². The van der Waals surface area contributed by atoms with Gasteiger partial charge in [-0.05, 0) is 49.2 Å². The van der Waals surface area contributed by atoms with Gasteiger partial charge in [0.1, 0.15) is 0 Å². The van der Waals surface area contributed by atoms with Gasteiger partial charge in [0.2, 0.25) is 5.91 Å². The van der Waals surface area contributed by atoms with Crippen molar-refractivity contribution in [3.8, 4) is 11.5 Å². The van der Waals surface area contributed by atoms with Gasteiger partial charge in [0.15, 0.2) is 11.5 Å². The van der Waals surface area contributed by atoms with E-state index in [2.05, 4.69) is 22.8 Å². The lowest BCUT2D eigenvalue weighted by atomic mass is 10.1. The summed E-state index contributed by atoms with van der Waals surface area (Å²) in [5, 5.41) is 6.80. The van der Waals surface area contributed by atoms with E-state index in [1.807, 2.05) is 24.3 Å². The first-order valence-corrected chi connectivity index (χ1v) is 8.91. The average Bonchev–Trinajstić information content (AvgIpc) is 2.71. The van der Waals surface area contributed by atoms with Crippen LogP contribution < -0.4 is 20.2 Å². The summed E-state index contributed by atoms with van der Waals surface area (Å²) in [5.74, 6) is 0.369. The van der Waals surface area contributed by atoms with Crippen molar-refractivity contribution in [2.45, 2.75) is 26.7 Å². The van der Waals surface area contributed by atoms with Gasteiger partial charge in [-0.15, -0.1) is 0 Å². The van der Waals surface area contributed by atoms with E-state index in [1.54, 1.807) is 25.1 Å².